The van der Waals surface area contributed by atoms with Gasteiger partial charge in [0, 0.05) is 12.7 Å². The Bertz CT molecular complexity index is 630. The van der Waals surface area contributed by atoms with E-state index in [1.807, 2.05) is 0 Å². The van der Waals surface area contributed by atoms with Crippen molar-refractivity contribution in [1.29, 1.82) is 10.5 Å². The quantitative estimate of drug-likeness (QED) is 0.880. The van der Waals surface area contributed by atoms with Gasteiger partial charge in [-0.3, -0.25) is 0 Å². The lowest BCUT2D eigenvalue weighted by atomic mass is 10.2. The van der Waals surface area contributed by atoms with Crippen LogP contribution in [0.1, 0.15) is 10.4 Å². The van der Waals surface area contributed by atoms with Gasteiger partial charge in [-0.05, 0) is 24.3 Å². The first-order valence-corrected chi connectivity index (χ1v) is 5.94. The Hall–Kier alpha value is -2.57. The van der Waals surface area contributed by atoms with Crippen molar-refractivity contribution in [3.63, 3.8) is 0 Å². The van der Waals surface area contributed by atoms with Crippen molar-refractivity contribution in [2.75, 3.05) is 17.7 Å². The van der Waals surface area contributed by atoms with Crippen LogP contribution in [-0.2, 0) is 0 Å². The van der Waals surface area contributed by atoms with E-state index < -0.39 is 0 Å². The van der Waals surface area contributed by atoms with Gasteiger partial charge in [-0.15, -0.1) is 0 Å². The Kier molecular flexibility index (Phi) is 3.42. The molecule has 0 amide bonds. The van der Waals surface area contributed by atoms with Gasteiger partial charge in [0.1, 0.15) is 6.07 Å². The molecule has 5 nitrogen and oxygen atoms in total. The van der Waals surface area contributed by atoms with Crippen LogP contribution in [0, 0.1) is 22.7 Å². The van der Waals surface area contributed by atoms with E-state index in [4.69, 9.17) is 10.5 Å². The van der Waals surface area contributed by atoms with Crippen molar-refractivity contribution in [1.82, 2.24) is 4.98 Å². The van der Waals surface area contributed by atoms with Gasteiger partial charge in [0.2, 0.25) is 0 Å². The Morgan fingerprint density at radius 1 is 1.17 bits per heavy atom. The number of nitrogens with one attached hydrogen (secondary N) is 2. The van der Waals surface area contributed by atoms with E-state index in [1.54, 1.807) is 31.3 Å². The first-order chi connectivity index (χ1) is 8.76. The van der Waals surface area contributed by atoms with Gasteiger partial charge in [0.05, 0.1) is 11.6 Å². The summed E-state index contributed by atoms with van der Waals surface area (Å²) in [4.78, 5) is 4.76. The molecule has 0 radical (unpaired) electrons. The first-order valence-electron chi connectivity index (χ1n) is 5.12. The molecule has 1 aromatic carbocycles. The van der Waals surface area contributed by atoms with Crippen LogP contribution in [0.2, 0.25) is 0 Å². The highest BCUT2D eigenvalue weighted by Gasteiger charge is 2.09. The monoisotopic (exact) mass is 255 g/mol. The average Bonchev–Trinajstić information content (AvgIpc) is 2.82. The molecular formula is C12H9N5S. The number of nitriles is 2. The molecular weight excluding hydrogens is 246 g/mol. The number of anilines is 3. The topological polar surface area (TPSA) is 84.5 Å². The largest absolute Gasteiger partial charge is 0.364 e. The lowest BCUT2D eigenvalue weighted by Gasteiger charge is -2.02. The molecule has 0 aliphatic rings. The van der Waals surface area contributed by atoms with Crippen molar-refractivity contribution in [2.24, 2.45) is 0 Å². The molecule has 0 unspecified atom stereocenters. The van der Waals surface area contributed by atoms with Gasteiger partial charge in [-0.2, -0.15) is 10.5 Å². The van der Waals surface area contributed by atoms with Crippen molar-refractivity contribution in [2.45, 2.75) is 0 Å². The molecule has 0 fully saturated rings. The minimum absolute atomic E-state index is 0.517. The Morgan fingerprint density at radius 3 is 2.44 bits per heavy atom. The van der Waals surface area contributed by atoms with Crippen LogP contribution in [0.4, 0.5) is 16.6 Å². The maximum absolute atomic E-state index is 9.00. The number of hydrogen-bond acceptors (Lipinski definition) is 6. The Morgan fingerprint density at radius 2 is 1.89 bits per heavy atom. The summed E-state index contributed by atoms with van der Waals surface area (Å²) in [7, 11) is 1.76. The third-order valence-corrected chi connectivity index (χ3v) is 3.20. The van der Waals surface area contributed by atoms with Crippen LogP contribution in [0.3, 0.4) is 0 Å². The smallest absolute Gasteiger partial charge is 0.185 e. The lowest BCUT2D eigenvalue weighted by molar-refractivity contribution is 1.33. The van der Waals surface area contributed by atoms with E-state index in [0.29, 0.717) is 21.4 Å². The second-order valence-corrected chi connectivity index (χ2v) is 4.37. The van der Waals surface area contributed by atoms with Gasteiger partial charge in [0.15, 0.2) is 15.8 Å². The minimum atomic E-state index is 0.517. The average molecular weight is 255 g/mol. The van der Waals surface area contributed by atoms with E-state index >= 15 is 0 Å². The minimum Gasteiger partial charge on any atom is -0.364 e. The second-order valence-electron chi connectivity index (χ2n) is 3.37. The molecule has 1 aromatic heterocycles. The van der Waals surface area contributed by atoms with E-state index in [0.717, 1.165) is 5.69 Å². The second kappa shape index (κ2) is 5.17. The van der Waals surface area contributed by atoms with Crippen LogP contribution in [-0.4, -0.2) is 12.0 Å². The lowest BCUT2D eigenvalue weighted by Crippen LogP contribution is -1.93. The van der Waals surface area contributed by atoms with Gasteiger partial charge in [0.25, 0.3) is 0 Å². The third kappa shape index (κ3) is 2.40. The number of aromatic nitrogens is 1. The Labute approximate surface area is 108 Å². The van der Waals surface area contributed by atoms with Crippen molar-refractivity contribution < 1.29 is 0 Å². The van der Waals surface area contributed by atoms with Crippen molar-refractivity contribution in [3.05, 3.63) is 34.7 Å². The van der Waals surface area contributed by atoms with Gasteiger partial charge in [-0.1, -0.05) is 11.3 Å². The highest BCUT2D eigenvalue weighted by Crippen LogP contribution is 2.28. The molecule has 0 atom stereocenters. The summed E-state index contributed by atoms with van der Waals surface area (Å²) in [5.41, 5.74) is 1.38. The van der Waals surface area contributed by atoms with Crippen LogP contribution in [0.25, 0.3) is 0 Å². The van der Waals surface area contributed by atoms with Gasteiger partial charge < -0.3 is 10.6 Å². The fourth-order valence-electron chi connectivity index (χ4n) is 1.35. The fraction of sp³-hybridized carbons (Fsp3) is 0.0833. The summed E-state index contributed by atoms with van der Waals surface area (Å²) in [6, 6.07) is 11.1. The molecule has 2 aromatic rings. The van der Waals surface area contributed by atoms with Crippen LogP contribution in [0.15, 0.2) is 24.3 Å². The zero-order chi connectivity index (χ0) is 13.0. The van der Waals surface area contributed by atoms with Gasteiger partial charge in [-0.25, -0.2) is 4.98 Å². The number of thiazole rings is 1. The molecule has 0 aliphatic heterocycles. The zero-order valence-corrected chi connectivity index (χ0v) is 10.4. The van der Waals surface area contributed by atoms with Crippen molar-refractivity contribution in [3.8, 4) is 12.1 Å². The fourth-order valence-corrected chi connectivity index (χ4v) is 2.02. The molecule has 1 heterocycles. The highest BCUT2D eigenvalue weighted by atomic mass is 32.1. The van der Waals surface area contributed by atoms with E-state index in [2.05, 4.69) is 27.8 Å². The number of benzene rings is 1. The van der Waals surface area contributed by atoms with E-state index in [-0.39, 0.29) is 0 Å². The van der Waals surface area contributed by atoms with Crippen LogP contribution < -0.4 is 10.6 Å². The molecule has 0 bridgehead atoms. The van der Waals surface area contributed by atoms with Crippen LogP contribution in [0.5, 0.6) is 0 Å². The summed E-state index contributed by atoms with van der Waals surface area (Å²) in [5.74, 6) is 0.525. The highest BCUT2D eigenvalue weighted by molar-refractivity contribution is 7.16. The molecule has 6 heteroatoms. The predicted molar refractivity (Wildman–Crippen MR) is 70.8 cm³/mol. The SMILES string of the molecule is CNc1nc(Nc2ccc(C#N)cc2)c(C#N)s1. The predicted octanol–water partition coefficient (Wildman–Crippen LogP) is 2.67. The van der Waals surface area contributed by atoms with Crippen LogP contribution >= 0.6 is 11.3 Å². The molecule has 0 saturated carbocycles. The molecule has 0 saturated heterocycles. The molecule has 0 spiro atoms. The molecule has 2 N–H and O–H groups in total. The molecule has 88 valence electrons. The Balaban J connectivity index is 2.25. The number of nitrogens with zero attached hydrogens (tertiary/aromatic N) is 3. The maximum atomic E-state index is 9.00. The first kappa shape index (κ1) is 11.9. The number of hydrogen-bond donors (Lipinski definition) is 2. The summed E-state index contributed by atoms with van der Waals surface area (Å²) in [6.45, 7) is 0. The summed E-state index contributed by atoms with van der Waals surface area (Å²) in [5, 5.41) is 24.3. The standard InChI is InChI=1S/C12H9N5S/c1-15-12-17-11(10(7-14)18-12)16-9-4-2-8(6-13)3-5-9/h2-5,16H,1H3,(H,15,17). The van der Waals surface area contributed by atoms with Gasteiger partial charge >= 0.3 is 0 Å². The normalized spacial score (nSPS) is 9.28. The molecule has 2 rings (SSSR count). The summed E-state index contributed by atoms with van der Waals surface area (Å²) < 4.78 is 0. The molecule has 18 heavy (non-hydrogen) atoms. The summed E-state index contributed by atoms with van der Waals surface area (Å²) in [6.07, 6.45) is 0. The number of rotatable bonds is 3. The van der Waals surface area contributed by atoms with Crippen molar-refractivity contribution >= 4 is 28.0 Å². The maximum Gasteiger partial charge on any atom is 0.185 e. The molecule has 0 aliphatic carbocycles. The summed E-state index contributed by atoms with van der Waals surface area (Å²) >= 11 is 1.29. The van der Waals surface area contributed by atoms with E-state index in [1.165, 1.54) is 11.3 Å². The zero-order valence-electron chi connectivity index (χ0n) is 9.56. The van der Waals surface area contributed by atoms with E-state index in [9.17, 15) is 0 Å². The third-order valence-electron chi connectivity index (χ3n) is 2.22.